The number of rotatable bonds is 4. The second-order valence-corrected chi connectivity index (χ2v) is 7.57. The lowest BCUT2D eigenvalue weighted by Crippen LogP contribution is -2.32. The summed E-state index contributed by atoms with van der Waals surface area (Å²) in [7, 11) is 0. The quantitative estimate of drug-likeness (QED) is 0.908. The van der Waals surface area contributed by atoms with E-state index in [-0.39, 0.29) is 11.3 Å². The minimum absolute atomic E-state index is 0.0585. The Morgan fingerprint density at radius 3 is 2.75 bits per heavy atom. The first-order valence-corrected chi connectivity index (χ1v) is 7.92. The van der Waals surface area contributed by atoms with Crippen molar-refractivity contribution in [3.05, 3.63) is 22.1 Å². The molecule has 7 heteroatoms. The third-order valence-corrected chi connectivity index (χ3v) is 3.95. The smallest absolute Gasteiger partial charge is 0.271 e. The Hall–Kier alpha value is -1.47. The number of hydrogen-bond donors (Lipinski definition) is 2. The molecule has 2 aromatic heterocycles. The molecule has 0 fully saturated rings. The van der Waals surface area contributed by atoms with Crippen LogP contribution in [0.3, 0.4) is 0 Å². The molecule has 0 aliphatic heterocycles. The highest BCUT2D eigenvalue weighted by atomic mass is 32.1. The van der Waals surface area contributed by atoms with Crippen molar-refractivity contribution in [1.29, 1.82) is 0 Å². The summed E-state index contributed by atoms with van der Waals surface area (Å²) in [5, 5.41) is 8.68. The molecule has 0 unspecified atom stereocenters. The Morgan fingerprint density at radius 1 is 1.40 bits per heavy atom. The maximum absolute atomic E-state index is 12.1. The number of aromatic nitrogens is 2. The summed E-state index contributed by atoms with van der Waals surface area (Å²) in [6.45, 7) is 8.77. The van der Waals surface area contributed by atoms with Gasteiger partial charge in [0.1, 0.15) is 5.69 Å². The summed E-state index contributed by atoms with van der Waals surface area (Å²) >= 11 is 2.84. The van der Waals surface area contributed by atoms with Crippen LogP contribution in [0, 0.1) is 12.3 Å². The van der Waals surface area contributed by atoms with Crippen molar-refractivity contribution in [3.8, 4) is 0 Å². The van der Waals surface area contributed by atoms with E-state index in [1.165, 1.54) is 22.9 Å². The summed E-state index contributed by atoms with van der Waals surface area (Å²) in [6, 6.07) is 0. The molecular weight excluding hydrogens is 292 g/mol. The number of hydrogen-bond acceptors (Lipinski definition) is 6. The summed E-state index contributed by atoms with van der Waals surface area (Å²) < 4.78 is 4.02. The van der Waals surface area contributed by atoms with Crippen molar-refractivity contribution in [2.75, 3.05) is 11.9 Å². The number of amides is 1. The van der Waals surface area contributed by atoms with Gasteiger partial charge in [-0.25, -0.2) is 4.98 Å². The van der Waals surface area contributed by atoms with Gasteiger partial charge in [0.2, 0.25) is 0 Å². The summed E-state index contributed by atoms with van der Waals surface area (Å²) in [4.78, 5) is 17.4. The normalized spacial score (nSPS) is 11.4. The lowest BCUT2D eigenvalue weighted by atomic mass is 9.97. The lowest BCUT2D eigenvalue weighted by Gasteiger charge is -2.18. The molecule has 1 amide bonds. The van der Waals surface area contributed by atoms with Crippen molar-refractivity contribution < 1.29 is 4.79 Å². The van der Waals surface area contributed by atoms with Gasteiger partial charge in [-0.3, -0.25) is 4.79 Å². The Balaban J connectivity index is 2.05. The molecule has 5 nitrogen and oxygen atoms in total. The first kappa shape index (κ1) is 14.9. The topological polar surface area (TPSA) is 66.9 Å². The van der Waals surface area contributed by atoms with E-state index >= 15 is 0 Å². The summed E-state index contributed by atoms with van der Waals surface area (Å²) in [5.74, 6) is -0.120. The lowest BCUT2D eigenvalue weighted by molar-refractivity contribution is 0.0934. The zero-order chi connectivity index (χ0) is 14.8. The number of nitrogens with zero attached hydrogens (tertiary/aromatic N) is 2. The van der Waals surface area contributed by atoms with E-state index in [4.69, 9.17) is 0 Å². The van der Waals surface area contributed by atoms with Crippen LogP contribution in [0.4, 0.5) is 10.8 Å². The predicted molar refractivity (Wildman–Crippen MR) is 84.0 cm³/mol. The predicted octanol–water partition coefficient (Wildman–Crippen LogP) is 3.43. The molecule has 0 aromatic carbocycles. The van der Waals surface area contributed by atoms with Gasteiger partial charge in [-0.15, -0.1) is 11.3 Å². The Bertz CT molecular complexity index is 584. The van der Waals surface area contributed by atoms with Gasteiger partial charge in [-0.05, 0) is 23.9 Å². The Kier molecular flexibility index (Phi) is 4.39. The van der Waals surface area contributed by atoms with Crippen LogP contribution in [0.15, 0.2) is 11.6 Å². The third kappa shape index (κ3) is 4.01. The monoisotopic (exact) mass is 310 g/mol. The van der Waals surface area contributed by atoms with Crippen LogP contribution in [0.2, 0.25) is 0 Å². The Morgan fingerprint density at radius 2 is 2.15 bits per heavy atom. The average molecular weight is 310 g/mol. The molecular formula is C13H18N4OS2. The highest BCUT2D eigenvalue weighted by Crippen LogP contribution is 2.25. The number of carbonyl (C=O) groups is 1. The van der Waals surface area contributed by atoms with Crippen molar-refractivity contribution in [3.63, 3.8) is 0 Å². The van der Waals surface area contributed by atoms with Crippen LogP contribution >= 0.6 is 22.9 Å². The molecule has 0 spiro atoms. The van der Waals surface area contributed by atoms with Gasteiger partial charge in [0.25, 0.3) is 5.91 Å². The molecule has 0 saturated carbocycles. The third-order valence-electron chi connectivity index (χ3n) is 2.47. The highest BCUT2D eigenvalue weighted by molar-refractivity contribution is 7.15. The van der Waals surface area contributed by atoms with Gasteiger partial charge in [0, 0.05) is 16.8 Å². The second kappa shape index (κ2) is 5.88. The maximum Gasteiger partial charge on any atom is 0.271 e. The molecule has 2 heterocycles. The summed E-state index contributed by atoms with van der Waals surface area (Å²) in [5.41, 5.74) is 1.44. The van der Waals surface area contributed by atoms with Crippen LogP contribution in [0.1, 0.15) is 36.1 Å². The van der Waals surface area contributed by atoms with Crippen molar-refractivity contribution in [2.45, 2.75) is 27.7 Å². The highest BCUT2D eigenvalue weighted by Gasteiger charge is 2.18. The molecule has 2 N–H and O–H groups in total. The molecule has 0 bridgehead atoms. The number of nitrogens with one attached hydrogen (secondary N) is 2. The minimum Gasteiger partial charge on any atom is -0.350 e. The van der Waals surface area contributed by atoms with E-state index in [0.717, 1.165) is 10.6 Å². The van der Waals surface area contributed by atoms with Gasteiger partial charge in [-0.1, -0.05) is 20.8 Å². The SMILES string of the molecule is Cc1sc(Nc2cnsc2)nc1C(=O)NCC(C)(C)C. The van der Waals surface area contributed by atoms with E-state index in [1.54, 1.807) is 6.20 Å². The first-order valence-electron chi connectivity index (χ1n) is 6.27. The fraction of sp³-hybridized carbons (Fsp3) is 0.462. The fourth-order valence-electron chi connectivity index (χ4n) is 1.48. The van der Waals surface area contributed by atoms with Gasteiger partial charge in [0.05, 0.1) is 11.9 Å². The number of anilines is 2. The van der Waals surface area contributed by atoms with E-state index in [9.17, 15) is 4.79 Å². The first-order chi connectivity index (χ1) is 9.35. The van der Waals surface area contributed by atoms with Gasteiger partial charge in [-0.2, -0.15) is 4.37 Å². The fourth-order valence-corrected chi connectivity index (χ4v) is 2.78. The number of aryl methyl sites for hydroxylation is 1. The molecule has 0 aliphatic carbocycles. The average Bonchev–Trinajstić information content (AvgIpc) is 2.96. The zero-order valence-electron chi connectivity index (χ0n) is 12.0. The van der Waals surface area contributed by atoms with Gasteiger partial charge < -0.3 is 10.6 Å². The zero-order valence-corrected chi connectivity index (χ0v) is 13.6. The maximum atomic E-state index is 12.1. The molecule has 0 radical (unpaired) electrons. The van der Waals surface area contributed by atoms with Gasteiger partial charge >= 0.3 is 0 Å². The van der Waals surface area contributed by atoms with Gasteiger partial charge in [0.15, 0.2) is 5.13 Å². The molecule has 20 heavy (non-hydrogen) atoms. The van der Waals surface area contributed by atoms with E-state index in [1.807, 2.05) is 12.3 Å². The molecule has 108 valence electrons. The van der Waals surface area contributed by atoms with Crippen LogP contribution < -0.4 is 10.6 Å². The largest absolute Gasteiger partial charge is 0.350 e. The molecule has 2 rings (SSSR count). The molecule has 0 saturated heterocycles. The van der Waals surface area contributed by atoms with Crippen LogP contribution in [0.25, 0.3) is 0 Å². The van der Waals surface area contributed by atoms with Crippen molar-refractivity contribution in [1.82, 2.24) is 14.7 Å². The van der Waals surface area contributed by atoms with Crippen molar-refractivity contribution >= 4 is 39.6 Å². The van der Waals surface area contributed by atoms with Crippen LogP contribution in [-0.4, -0.2) is 21.8 Å². The van der Waals surface area contributed by atoms with Crippen molar-refractivity contribution in [2.24, 2.45) is 5.41 Å². The molecule has 0 aliphatic rings. The summed E-state index contributed by atoms with van der Waals surface area (Å²) in [6.07, 6.45) is 1.74. The van der Waals surface area contributed by atoms with Crippen LogP contribution in [0.5, 0.6) is 0 Å². The van der Waals surface area contributed by atoms with E-state index in [2.05, 4.69) is 40.8 Å². The van der Waals surface area contributed by atoms with E-state index in [0.29, 0.717) is 17.4 Å². The van der Waals surface area contributed by atoms with E-state index < -0.39 is 0 Å². The van der Waals surface area contributed by atoms with Crippen LogP contribution in [-0.2, 0) is 0 Å². The number of carbonyl (C=O) groups excluding carboxylic acids is 1. The standard InChI is InChI=1S/C13H18N4OS2/c1-8-10(11(18)14-7-13(2,3)4)17-12(20-8)16-9-5-15-19-6-9/h5-6H,7H2,1-4H3,(H,14,18)(H,16,17). The second-order valence-electron chi connectivity index (χ2n) is 5.71. The molecule has 0 atom stereocenters. The Labute approximate surface area is 126 Å². The number of thiazole rings is 1. The minimum atomic E-state index is -0.120. The molecule has 2 aromatic rings.